The average Bonchev–Trinajstić information content (AvgIpc) is 2.31. The summed E-state index contributed by atoms with van der Waals surface area (Å²) >= 11 is 0. The van der Waals surface area contributed by atoms with Gasteiger partial charge in [-0.05, 0) is 24.3 Å². The van der Waals surface area contributed by atoms with Crippen LogP contribution in [0.3, 0.4) is 0 Å². The molecule has 2 aromatic carbocycles. The molecule has 2 aromatic rings. The average molecular weight is 238 g/mol. The molecule has 0 aliphatic rings. The summed E-state index contributed by atoms with van der Waals surface area (Å²) in [5.74, 6) is 0.923. The molecule has 0 aromatic heterocycles. The number of carbonyl (C=O) groups is 1. The zero-order valence-electron chi connectivity index (χ0n) is 8.50. The molecule has 82 valence electrons. The van der Waals surface area contributed by atoms with Gasteiger partial charge in [-0.2, -0.15) is 0 Å². The van der Waals surface area contributed by atoms with Crippen LogP contribution < -0.4 is 9.47 Å². The summed E-state index contributed by atoms with van der Waals surface area (Å²) in [4.78, 5) is 11.3. The van der Waals surface area contributed by atoms with Crippen molar-refractivity contribution in [3.63, 3.8) is 0 Å². The molecule has 0 spiro atoms. The van der Waals surface area contributed by atoms with E-state index in [0.29, 0.717) is 11.5 Å². The van der Waals surface area contributed by atoms with Gasteiger partial charge in [0.25, 0.3) is 0 Å². The van der Waals surface area contributed by atoms with Gasteiger partial charge in [-0.3, -0.25) is 0 Å². The van der Waals surface area contributed by atoms with Crippen LogP contribution in [0.2, 0.25) is 0 Å². The maximum atomic E-state index is 11.3. The molecule has 0 aliphatic carbocycles. The van der Waals surface area contributed by atoms with E-state index in [1.807, 2.05) is 12.1 Å². The number of hydrogen-bond donors (Lipinski definition) is 0. The van der Waals surface area contributed by atoms with Gasteiger partial charge in [0.15, 0.2) is 0 Å². The van der Waals surface area contributed by atoms with Gasteiger partial charge in [-0.15, -0.1) is 0 Å². The number of carbonyl (C=O) groups excluding carboxylic acids is 1. The van der Waals surface area contributed by atoms with Crippen molar-refractivity contribution in [1.82, 2.24) is 0 Å². The van der Waals surface area contributed by atoms with E-state index in [1.165, 1.54) is 0 Å². The van der Waals surface area contributed by atoms with Crippen LogP contribution in [-0.4, -0.2) is 35.7 Å². The van der Waals surface area contributed by atoms with Crippen molar-refractivity contribution in [3.8, 4) is 11.5 Å². The first-order valence-corrected chi connectivity index (χ1v) is 4.84. The molecule has 0 saturated carbocycles. The van der Waals surface area contributed by atoms with Gasteiger partial charge in [-0.25, -0.2) is 4.79 Å². The van der Waals surface area contributed by atoms with Crippen LogP contribution in [0.15, 0.2) is 60.7 Å². The van der Waals surface area contributed by atoms with Gasteiger partial charge in [0.1, 0.15) is 11.5 Å². The second-order valence-corrected chi connectivity index (χ2v) is 3.08. The number of para-hydroxylation sites is 2. The van der Waals surface area contributed by atoms with E-state index in [9.17, 15) is 4.79 Å². The van der Waals surface area contributed by atoms with Gasteiger partial charge < -0.3 is 9.47 Å². The molecule has 17 heavy (non-hydrogen) atoms. The van der Waals surface area contributed by atoms with Crippen LogP contribution in [0.1, 0.15) is 0 Å². The first kappa shape index (κ1) is 13.8. The zero-order chi connectivity index (χ0) is 11.2. The van der Waals surface area contributed by atoms with Crippen molar-refractivity contribution < 1.29 is 14.3 Å². The Labute approximate surface area is 122 Å². The Hall–Kier alpha value is -1.29. The molecule has 0 saturated heterocycles. The summed E-state index contributed by atoms with van der Waals surface area (Å²) in [6.45, 7) is 0. The minimum absolute atomic E-state index is 0. The van der Waals surface area contributed by atoms with Gasteiger partial charge >= 0.3 is 35.7 Å². The van der Waals surface area contributed by atoms with Crippen LogP contribution in [0.25, 0.3) is 0 Å². The molecule has 0 fully saturated rings. The summed E-state index contributed by atoms with van der Waals surface area (Å²) in [6.07, 6.45) is -0.739. The van der Waals surface area contributed by atoms with Crippen LogP contribution in [0, 0.1) is 0 Å². The normalized spacial score (nSPS) is 8.94. The quantitative estimate of drug-likeness (QED) is 0.458. The van der Waals surface area contributed by atoms with Gasteiger partial charge in [0.2, 0.25) is 0 Å². The standard InChI is InChI=1S/C13H10O3.Na.H/c14-13(15-11-7-3-1-4-8-11)16-12-9-5-2-6-10-12;;/h1-10H;;. The number of hydrogen-bond acceptors (Lipinski definition) is 3. The third-order valence-corrected chi connectivity index (χ3v) is 1.89. The summed E-state index contributed by atoms with van der Waals surface area (Å²) in [6, 6.07) is 17.6. The Kier molecular flexibility index (Phi) is 5.77. The van der Waals surface area contributed by atoms with E-state index in [1.54, 1.807) is 48.5 Å². The summed E-state index contributed by atoms with van der Waals surface area (Å²) < 4.78 is 9.91. The molecule has 0 bridgehead atoms. The van der Waals surface area contributed by atoms with Gasteiger partial charge in [0, 0.05) is 0 Å². The van der Waals surface area contributed by atoms with E-state index >= 15 is 0 Å². The van der Waals surface area contributed by atoms with E-state index in [-0.39, 0.29) is 29.6 Å². The summed E-state index contributed by atoms with van der Waals surface area (Å²) in [5, 5.41) is 0. The predicted octanol–water partition coefficient (Wildman–Crippen LogP) is 2.62. The fourth-order valence-electron chi connectivity index (χ4n) is 1.19. The maximum absolute atomic E-state index is 11.3. The first-order chi connectivity index (χ1) is 7.84. The molecule has 0 aliphatic heterocycles. The molecule has 0 unspecified atom stereocenters. The number of ether oxygens (including phenoxy) is 2. The molecule has 0 amide bonds. The molecule has 0 N–H and O–H groups in total. The van der Waals surface area contributed by atoms with E-state index in [2.05, 4.69) is 0 Å². The zero-order valence-corrected chi connectivity index (χ0v) is 8.50. The van der Waals surface area contributed by atoms with Crippen molar-refractivity contribution in [2.75, 3.05) is 0 Å². The second-order valence-electron chi connectivity index (χ2n) is 3.08. The fourth-order valence-corrected chi connectivity index (χ4v) is 1.19. The van der Waals surface area contributed by atoms with E-state index < -0.39 is 6.16 Å². The van der Waals surface area contributed by atoms with Crippen molar-refractivity contribution in [2.45, 2.75) is 0 Å². The van der Waals surface area contributed by atoms with E-state index in [4.69, 9.17) is 9.47 Å². The SMILES string of the molecule is O=C(Oc1ccccc1)Oc1ccccc1.[NaH]. The Morgan fingerprint density at radius 3 is 1.41 bits per heavy atom. The van der Waals surface area contributed by atoms with Crippen LogP contribution in [-0.2, 0) is 0 Å². The van der Waals surface area contributed by atoms with Crippen molar-refractivity contribution in [3.05, 3.63) is 60.7 Å². The Balaban J connectivity index is 0.00000144. The molecule has 3 nitrogen and oxygen atoms in total. The second kappa shape index (κ2) is 7.12. The monoisotopic (exact) mass is 238 g/mol. The minimum atomic E-state index is -0.739. The fraction of sp³-hybridized carbons (Fsp3) is 0. The summed E-state index contributed by atoms with van der Waals surface area (Å²) in [5.41, 5.74) is 0. The van der Waals surface area contributed by atoms with Crippen LogP contribution in [0.5, 0.6) is 11.5 Å². The molecule has 4 heteroatoms. The number of benzene rings is 2. The van der Waals surface area contributed by atoms with Crippen LogP contribution in [0.4, 0.5) is 4.79 Å². The van der Waals surface area contributed by atoms with Crippen molar-refractivity contribution in [1.29, 1.82) is 0 Å². The van der Waals surface area contributed by atoms with Gasteiger partial charge in [-0.1, -0.05) is 36.4 Å². The van der Waals surface area contributed by atoms with Crippen molar-refractivity contribution >= 4 is 35.7 Å². The Morgan fingerprint density at radius 2 is 1.06 bits per heavy atom. The molecular formula is C13H11NaO3. The molecule has 0 heterocycles. The van der Waals surface area contributed by atoms with Crippen molar-refractivity contribution in [2.24, 2.45) is 0 Å². The Morgan fingerprint density at radius 1 is 0.706 bits per heavy atom. The first-order valence-electron chi connectivity index (χ1n) is 4.84. The third kappa shape index (κ3) is 4.61. The summed E-state index contributed by atoms with van der Waals surface area (Å²) in [7, 11) is 0. The molecular weight excluding hydrogens is 227 g/mol. The van der Waals surface area contributed by atoms with Crippen LogP contribution >= 0.6 is 0 Å². The predicted molar refractivity (Wildman–Crippen MR) is 66.7 cm³/mol. The molecule has 0 radical (unpaired) electrons. The third-order valence-electron chi connectivity index (χ3n) is 1.89. The topological polar surface area (TPSA) is 35.5 Å². The van der Waals surface area contributed by atoms with Gasteiger partial charge in [0.05, 0.1) is 0 Å². The molecule has 0 atom stereocenters. The van der Waals surface area contributed by atoms with E-state index in [0.717, 1.165) is 0 Å². The molecule has 2 rings (SSSR count). The Bertz CT molecular complexity index is 413. The number of rotatable bonds is 2.